The molecule has 19 heavy (non-hydrogen) atoms. The molecule has 0 N–H and O–H groups in total. The molecule has 0 fully saturated rings. The normalized spacial score (nSPS) is 10.3. The zero-order valence-electron chi connectivity index (χ0n) is 10.4. The van der Waals surface area contributed by atoms with E-state index in [-0.39, 0.29) is 5.69 Å². The largest absolute Gasteiger partial charge is 0.438 e. The summed E-state index contributed by atoms with van der Waals surface area (Å²) in [5, 5.41) is 10.9. The molecule has 5 nitrogen and oxygen atoms in total. The average molecular weight is 323 g/mol. The highest BCUT2D eigenvalue weighted by Gasteiger charge is 2.15. The van der Waals surface area contributed by atoms with Crippen LogP contribution in [0.5, 0.6) is 11.6 Å². The second kappa shape index (κ2) is 5.36. The van der Waals surface area contributed by atoms with E-state index in [0.717, 1.165) is 10.0 Å². The van der Waals surface area contributed by atoms with Crippen LogP contribution in [-0.2, 0) is 0 Å². The van der Waals surface area contributed by atoms with E-state index in [9.17, 15) is 10.1 Å². The van der Waals surface area contributed by atoms with E-state index >= 15 is 0 Å². The van der Waals surface area contributed by atoms with Crippen molar-refractivity contribution in [3.8, 4) is 11.6 Å². The smallest absolute Gasteiger partial charge is 0.276 e. The lowest BCUT2D eigenvalue weighted by Crippen LogP contribution is -1.96. The molecule has 0 unspecified atom stereocenters. The average Bonchev–Trinajstić information content (AvgIpc) is 2.34. The highest BCUT2D eigenvalue weighted by molar-refractivity contribution is 9.10. The van der Waals surface area contributed by atoms with E-state index in [1.54, 1.807) is 25.3 Å². The molecule has 6 heteroatoms. The van der Waals surface area contributed by atoms with Crippen molar-refractivity contribution in [3.63, 3.8) is 0 Å². The van der Waals surface area contributed by atoms with Crippen molar-refractivity contribution in [3.05, 3.63) is 56.2 Å². The number of nitro groups is 1. The fourth-order valence-corrected chi connectivity index (χ4v) is 2.10. The molecule has 0 aliphatic heterocycles. The third-order valence-corrected chi connectivity index (χ3v) is 3.09. The third-order valence-electron chi connectivity index (χ3n) is 2.66. The number of benzene rings is 1. The van der Waals surface area contributed by atoms with E-state index in [1.165, 1.54) is 6.07 Å². The van der Waals surface area contributed by atoms with Crippen LogP contribution < -0.4 is 4.74 Å². The van der Waals surface area contributed by atoms with Crippen LogP contribution in [0.4, 0.5) is 5.69 Å². The number of ether oxygens (including phenoxy) is 1. The Labute approximate surface area is 118 Å². The van der Waals surface area contributed by atoms with Gasteiger partial charge in [-0.2, -0.15) is 0 Å². The summed E-state index contributed by atoms with van der Waals surface area (Å²) < 4.78 is 6.50. The molecule has 98 valence electrons. The maximum atomic E-state index is 10.9. The summed E-state index contributed by atoms with van der Waals surface area (Å²) in [5.74, 6) is 0.874. The Balaban J connectivity index is 2.38. The van der Waals surface area contributed by atoms with E-state index < -0.39 is 4.92 Å². The second-order valence-corrected chi connectivity index (χ2v) is 4.95. The minimum absolute atomic E-state index is 0.0345. The molecule has 1 heterocycles. The minimum Gasteiger partial charge on any atom is -0.438 e. The molecular formula is C13H11BrN2O3. The molecule has 1 aromatic carbocycles. The maximum absolute atomic E-state index is 10.9. The maximum Gasteiger partial charge on any atom is 0.276 e. The van der Waals surface area contributed by atoms with Crippen molar-refractivity contribution in [2.75, 3.05) is 0 Å². The Bertz CT molecular complexity index is 644. The lowest BCUT2D eigenvalue weighted by molar-refractivity contribution is -0.385. The van der Waals surface area contributed by atoms with E-state index in [2.05, 4.69) is 20.9 Å². The van der Waals surface area contributed by atoms with Crippen molar-refractivity contribution >= 4 is 21.6 Å². The second-order valence-electron chi connectivity index (χ2n) is 4.04. The molecule has 0 atom stereocenters. The quantitative estimate of drug-likeness (QED) is 0.628. The molecule has 0 aliphatic carbocycles. The lowest BCUT2D eigenvalue weighted by atomic mass is 10.2. The Morgan fingerprint density at radius 3 is 2.74 bits per heavy atom. The number of nitro benzene ring substituents is 1. The molecule has 0 aliphatic rings. The Morgan fingerprint density at radius 2 is 2.11 bits per heavy atom. The number of nitrogens with zero attached hydrogens (tertiary/aromatic N) is 2. The van der Waals surface area contributed by atoms with Gasteiger partial charge in [-0.15, -0.1) is 0 Å². The van der Waals surface area contributed by atoms with Crippen molar-refractivity contribution in [2.45, 2.75) is 13.8 Å². The first-order valence-electron chi connectivity index (χ1n) is 5.53. The monoisotopic (exact) mass is 322 g/mol. The fourth-order valence-electron chi connectivity index (χ4n) is 1.65. The van der Waals surface area contributed by atoms with Gasteiger partial charge in [-0.1, -0.05) is 6.07 Å². The van der Waals surface area contributed by atoms with Gasteiger partial charge in [0.05, 0.1) is 10.5 Å². The molecule has 2 rings (SSSR count). The number of halogens is 1. The van der Waals surface area contributed by atoms with Gasteiger partial charge in [0.2, 0.25) is 5.88 Å². The Morgan fingerprint density at radius 1 is 1.37 bits per heavy atom. The summed E-state index contributed by atoms with van der Waals surface area (Å²) in [7, 11) is 0. The first-order valence-corrected chi connectivity index (χ1v) is 6.32. The van der Waals surface area contributed by atoms with Gasteiger partial charge in [-0.3, -0.25) is 10.1 Å². The SMILES string of the molecule is Cc1cc(Br)cnc1Oc1cccc([N+](=O)[O-])c1C. The van der Waals surface area contributed by atoms with Gasteiger partial charge in [-0.25, -0.2) is 4.98 Å². The van der Waals surface area contributed by atoms with Crippen molar-refractivity contribution in [1.29, 1.82) is 0 Å². The molecular weight excluding hydrogens is 312 g/mol. The van der Waals surface area contributed by atoms with Crippen molar-refractivity contribution in [2.24, 2.45) is 0 Å². The van der Waals surface area contributed by atoms with E-state index in [1.807, 2.05) is 13.0 Å². The Kier molecular flexibility index (Phi) is 3.80. The van der Waals surface area contributed by atoms with Crippen LogP contribution in [0.15, 0.2) is 34.9 Å². The standard InChI is InChI=1S/C13H11BrN2O3/c1-8-6-10(14)7-15-13(8)19-12-5-3-4-11(9(12)2)16(17)18/h3-7H,1-2H3. The molecule has 1 aromatic heterocycles. The van der Waals surface area contributed by atoms with Gasteiger partial charge >= 0.3 is 0 Å². The van der Waals surface area contributed by atoms with E-state index in [0.29, 0.717) is 17.2 Å². The number of rotatable bonds is 3. The topological polar surface area (TPSA) is 65.3 Å². The number of hydrogen-bond acceptors (Lipinski definition) is 4. The van der Waals surface area contributed by atoms with Crippen molar-refractivity contribution < 1.29 is 9.66 Å². The summed E-state index contributed by atoms with van der Waals surface area (Å²) in [5.41, 5.74) is 1.36. The number of pyridine rings is 1. The predicted octanol–water partition coefficient (Wildman–Crippen LogP) is 4.16. The van der Waals surface area contributed by atoms with Crippen LogP contribution in [0.3, 0.4) is 0 Å². The van der Waals surface area contributed by atoms with Crippen LogP contribution in [-0.4, -0.2) is 9.91 Å². The van der Waals surface area contributed by atoms with Gasteiger partial charge in [-0.05, 0) is 41.9 Å². The summed E-state index contributed by atoms with van der Waals surface area (Å²) in [6.07, 6.45) is 1.62. The highest BCUT2D eigenvalue weighted by atomic mass is 79.9. The lowest BCUT2D eigenvalue weighted by Gasteiger charge is -2.10. The van der Waals surface area contributed by atoms with Crippen molar-refractivity contribution in [1.82, 2.24) is 4.98 Å². The number of aryl methyl sites for hydroxylation is 1. The number of hydrogen-bond donors (Lipinski definition) is 0. The van der Waals surface area contributed by atoms with E-state index in [4.69, 9.17) is 4.74 Å². The predicted molar refractivity (Wildman–Crippen MR) is 74.6 cm³/mol. The van der Waals surface area contributed by atoms with Crippen LogP contribution >= 0.6 is 15.9 Å². The van der Waals surface area contributed by atoms with Gasteiger partial charge in [0, 0.05) is 22.3 Å². The third kappa shape index (κ3) is 2.90. The van der Waals surface area contributed by atoms with Crippen LogP contribution in [0.2, 0.25) is 0 Å². The van der Waals surface area contributed by atoms with Gasteiger partial charge < -0.3 is 4.74 Å². The summed E-state index contributed by atoms with van der Waals surface area (Å²) in [6, 6.07) is 6.60. The van der Waals surface area contributed by atoms with Crippen LogP contribution in [0, 0.1) is 24.0 Å². The summed E-state index contributed by atoms with van der Waals surface area (Å²) in [4.78, 5) is 14.6. The van der Waals surface area contributed by atoms with Crippen LogP contribution in [0.1, 0.15) is 11.1 Å². The van der Waals surface area contributed by atoms with Gasteiger partial charge in [0.25, 0.3) is 5.69 Å². The highest BCUT2D eigenvalue weighted by Crippen LogP contribution is 2.31. The zero-order chi connectivity index (χ0) is 14.0. The molecule has 2 aromatic rings. The first-order chi connectivity index (χ1) is 8.99. The van der Waals surface area contributed by atoms with Crippen LogP contribution in [0.25, 0.3) is 0 Å². The minimum atomic E-state index is -0.427. The molecule has 0 amide bonds. The first kappa shape index (κ1) is 13.5. The molecule has 0 bridgehead atoms. The van der Waals surface area contributed by atoms with Gasteiger partial charge in [0.1, 0.15) is 5.75 Å². The Hall–Kier alpha value is -1.95. The molecule has 0 spiro atoms. The zero-order valence-corrected chi connectivity index (χ0v) is 12.0. The van der Waals surface area contributed by atoms with Gasteiger partial charge in [0.15, 0.2) is 0 Å². The number of aromatic nitrogens is 1. The summed E-state index contributed by atoms with van der Waals surface area (Å²) >= 11 is 3.32. The molecule has 0 saturated heterocycles. The summed E-state index contributed by atoms with van der Waals surface area (Å²) in [6.45, 7) is 3.52. The molecule has 0 saturated carbocycles. The fraction of sp³-hybridized carbons (Fsp3) is 0.154. The molecule has 0 radical (unpaired) electrons.